The Morgan fingerprint density at radius 3 is 2.41 bits per heavy atom. The van der Waals surface area contributed by atoms with Gasteiger partial charge in [0.1, 0.15) is 5.60 Å². The summed E-state index contributed by atoms with van der Waals surface area (Å²) in [5.41, 5.74) is -6.35. The predicted molar refractivity (Wildman–Crippen MR) is 93.7 cm³/mol. The molecule has 1 fully saturated rings. The summed E-state index contributed by atoms with van der Waals surface area (Å²) in [5.74, 6) is -0.871. The molecule has 14 heteroatoms. The summed E-state index contributed by atoms with van der Waals surface area (Å²) in [6.45, 7) is 6.06. The number of aromatic nitrogens is 2. The summed E-state index contributed by atoms with van der Waals surface area (Å²) in [7, 11) is -5.92. The minimum absolute atomic E-state index is 0.0275. The van der Waals surface area contributed by atoms with Gasteiger partial charge in [-0.3, -0.25) is 0 Å². The third-order valence-electron chi connectivity index (χ3n) is 3.33. The van der Waals surface area contributed by atoms with Crippen molar-refractivity contribution in [1.82, 2.24) is 15.3 Å². The number of halogens is 3. The molecule has 0 radical (unpaired) electrons. The van der Waals surface area contributed by atoms with Gasteiger partial charge in [-0.05, 0) is 20.8 Å². The van der Waals surface area contributed by atoms with Crippen LogP contribution in [0.2, 0.25) is 0 Å². The van der Waals surface area contributed by atoms with Crippen LogP contribution in [0.4, 0.5) is 23.9 Å². The first-order valence-electron chi connectivity index (χ1n) is 8.45. The number of alkyl halides is 3. The van der Waals surface area contributed by atoms with Crippen LogP contribution in [0.5, 0.6) is 5.88 Å². The highest BCUT2D eigenvalue weighted by molar-refractivity contribution is 7.87. The van der Waals surface area contributed by atoms with Crippen LogP contribution in [0.3, 0.4) is 0 Å². The SMILES string of the molecule is CC(C)(C)OC(=O)NCc1cc(OS(=O)(=O)C(F)(F)F)nc(N2CCOCC2)n1. The van der Waals surface area contributed by atoms with Gasteiger partial charge in [-0.2, -0.15) is 26.6 Å². The molecule has 0 aliphatic carbocycles. The van der Waals surface area contributed by atoms with Gasteiger partial charge in [-0.1, -0.05) is 0 Å². The van der Waals surface area contributed by atoms with E-state index in [1.54, 1.807) is 25.7 Å². The molecular formula is C15H21F3N4O6S. The van der Waals surface area contributed by atoms with Crippen molar-refractivity contribution >= 4 is 22.2 Å². The Morgan fingerprint density at radius 1 is 1.24 bits per heavy atom. The van der Waals surface area contributed by atoms with E-state index in [9.17, 15) is 26.4 Å². The van der Waals surface area contributed by atoms with Crippen LogP contribution in [-0.4, -0.2) is 61.9 Å². The average molecular weight is 442 g/mol. The first-order chi connectivity index (χ1) is 13.3. The summed E-state index contributed by atoms with van der Waals surface area (Å²) in [6, 6.07) is 0.893. The number of morpholine rings is 1. The highest BCUT2D eigenvalue weighted by atomic mass is 32.2. The van der Waals surface area contributed by atoms with Gasteiger partial charge in [0.15, 0.2) is 0 Å². The number of alkyl carbamates (subject to hydrolysis) is 1. The zero-order valence-electron chi connectivity index (χ0n) is 15.9. The van der Waals surface area contributed by atoms with Crippen molar-refractivity contribution in [3.63, 3.8) is 0 Å². The van der Waals surface area contributed by atoms with Crippen molar-refractivity contribution in [2.24, 2.45) is 0 Å². The normalized spacial score (nSPS) is 15.7. The Balaban J connectivity index is 2.26. The minimum Gasteiger partial charge on any atom is -0.444 e. The molecule has 1 aliphatic heterocycles. The third kappa shape index (κ3) is 6.88. The average Bonchev–Trinajstić information content (AvgIpc) is 2.58. The van der Waals surface area contributed by atoms with Crippen LogP contribution in [0.25, 0.3) is 0 Å². The highest BCUT2D eigenvalue weighted by Gasteiger charge is 2.49. The Morgan fingerprint density at radius 2 is 1.86 bits per heavy atom. The van der Waals surface area contributed by atoms with Gasteiger partial charge in [-0.25, -0.2) is 9.78 Å². The lowest BCUT2D eigenvalue weighted by Crippen LogP contribution is -2.38. The fourth-order valence-corrected chi connectivity index (χ4v) is 2.54. The molecule has 0 spiro atoms. The van der Waals surface area contributed by atoms with Gasteiger partial charge in [0.05, 0.1) is 25.5 Å². The van der Waals surface area contributed by atoms with Gasteiger partial charge in [0.25, 0.3) is 0 Å². The molecule has 1 aromatic heterocycles. The molecule has 1 saturated heterocycles. The Hall–Kier alpha value is -2.35. The Kier molecular flexibility index (Phi) is 6.78. The standard InChI is InChI=1S/C15H21F3N4O6S/c1-14(2,3)27-13(23)19-9-10-8-11(28-29(24,25)15(16,17)18)21-12(20-10)22-4-6-26-7-5-22/h8H,4-7,9H2,1-3H3,(H,19,23). The zero-order chi connectivity index (χ0) is 21.9. The maximum Gasteiger partial charge on any atom is 0.534 e. The van der Waals surface area contributed by atoms with E-state index < -0.39 is 33.2 Å². The third-order valence-corrected chi connectivity index (χ3v) is 4.29. The van der Waals surface area contributed by atoms with E-state index >= 15 is 0 Å². The van der Waals surface area contributed by atoms with Crippen molar-refractivity contribution in [2.75, 3.05) is 31.2 Å². The quantitative estimate of drug-likeness (QED) is 0.535. The second kappa shape index (κ2) is 8.57. The second-order valence-corrected chi connectivity index (χ2v) is 8.47. The number of rotatable bonds is 5. The van der Waals surface area contributed by atoms with Crippen molar-refractivity contribution in [2.45, 2.75) is 38.4 Å². The van der Waals surface area contributed by atoms with E-state index in [-0.39, 0.29) is 18.2 Å². The fourth-order valence-electron chi connectivity index (χ4n) is 2.13. The largest absolute Gasteiger partial charge is 0.534 e. The molecular weight excluding hydrogens is 421 g/mol. The van der Waals surface area contributed by atoms with E-state index in [1.165, 1.54) is 0 Å². The summed E-state index contributed by atoms with van der Waals surface area (Å²) >= 11 is 0. The lowest BCUT2D eigenvalue weighted by Gasteiger charge is -2.27. The molecule has 0 unspecified atom stereocenters. The van der Waals surface area contributed by atoms with Gasteiger partial charge in [0, 0.05) is 19.2 Å². The summed E-state index contributed by atoms with van der Waals surface area (Å²) < 4.78 is 74.9. The molecule has 164 valence electrons. The van der Waals surface area contributed by atoms with Gasteiger partial charge < -0.3 is 23.9 Å². The number of carbonyl (C=O) groups excluding carboxylic acids is 1. The topological polar surface area (TPSA) is 120 Å². The first kappa shape index (κ1) is 22.9. The Labute approximate surface area is 165 Å². The van der Waals surface area contributed by atoms with Crippen molar-refractivity contribution in [1.29, 1.82) is 0 Å². The maximum atomic E-state index is 12.6. The number of nitrogens with one attached hydrogen (secondary N) is 1. The van der Waals surface area contributed by atoms with Crippen LogP contribution < -0.4 is 14.4 Å². The Bertz CT molecular complexity index is 835. The number of carbonyl (C=O) groups is 1. The molecule has 0 aromatic carbocycles. The summed E-state index contributed by atoms with van der Waals surface area (Å²) in [4.78, 5) is 21.3. The monoisotopic (exact) mass is 442 g/mol. The summed E-state index contributed by atoms with van der Waals surface area (Å²) in [5, 5.41) is 2.38. The molecule has 0 atom stereocenters. The fraction of sp³-hybridized carbons (Fsp3) is 0.667. The van der Waals surface area contributed by atoms with Crippen LogP contribution in [0.15, 0.2) is 6.07 Å². The minimum atomic E-state index is -5.92. The number of hydrogen-bond donors (Lipinski definition) is 1. The smallest absolute Gasteiger partial charge is 0.444 e. The van der Waals surface area contributed by atoms with Crippen LogP contribution in [0, 0.1) is 0 Å². The number of amides is 1. The summed E-state index contributed by atoms with van der Waals surface area (Å²) in [6.07, 6.45) is -0.783. The molecule has 1 aromatic rings. The molecule has 0 saturated carbocycles. The molecule has 10 nitrogen and oxygen atoms in total. The highest BCUT2D eigenvalue weighted by Crippen LogP contribution is 2.27. The van der Waals surface area contributed by atoms with E-state index in [1.807, 2.05) is 0 Å². The maximum absolute atomic E-state index is 12.6. The molecule has 2 rings (SSSR count). The van der Waals surface area contributed by atoms with Gasteiger partial charge >= 0.3 is 21.7 Å². The van der Waals surface area contributed by atoms with Crippen LogP contribution in [0.1, 0.15) is 26.5 Å². The molecule has 29 heavy (non-hydrogen) atoms. The number of anilines is 1. The van der Waals surface area contributed by atoms with Crippen molar-refractivity contribution < 1.29 is 40.0 Å². The van der Waals surface area contributed by atoms with Gasteiger partial charge in [0.2, 0.25) is 11.8 Å². The zero-order valence-corrected chi connectivity index (χ0v) is 16.8. The number of ether oxygens (including phenoxy) is 2. The van der Waals surface area contributed by atoms with Crippen molar-refractivity contribution in [3.05, 3.63) is 11.8 Å². The van der Waals surface area contributed by atoms with Crippen LogP contribution >= 0.6 is 0 Å². The van der Waals surface area contributed by atoms with Crippen LogP contribution in [-0.2, 0) is 26.1 Å². The number of hydrogen-bond acceptors (Lipinski definition) is 9. The lowest BCUT2D eigenvalue weighted by atomic mass is 10.2. The van der Waals surface area contributed by atoms with E-state index in [2.05, 4.69) is 19.5 Å². The van der Waals surface area contributed by atoms with Gasteiger partial charge in [-0.15, -0.1) is 0 Å². The molecule has 1 aliphatic rings. The molecule has 0 bridgehead atoms. The lowest BCUT2D eigenvalue weighted by molar-refractivity contribution is -0.0501. The van der Waals surface area contributed by atoms with E-state index in [4.69, 9.17) is 9.47 Å². The second-order valence-electron chi connectivity index (χ2n) is 6.94. The van der Waals surface area contributed by atoms with E-state index in [0.717, 1.165) is 6.07 Å². The predicted octanol–water partition coefficient (Wildman–Crippen LogP) is 1.57. The molecule has 1 amide bonds. The van der Waals surface area contributed by atoms with E-state index in [0.29, 0.717) is 26.3 Å². The molecule has 1 N–H and O–H groups in total. The van der Waals surface area contributed by atoms with Crippen molar-refractivity contribution in [3.8, 4) is 5.88 Å². The first-order valence-corrected chi connectivity index (χ1v) is 9.86. The molecule has 2 heterocycles. The number of nitrogens with zero attached hydrogens (tertiary/aromatic N) is 3.